The Labute approximate surface area is 69.3 Å². The highest BCUT2D eigenvalue weighted by Crippen LogP contribution is 2.19. The van der Waals surface area contributed by atoms with Crippen LogP contribution in [0.15, 0.2) is 35.5 Å². The summed E-state index contributed by atoms with van der Waals surface area (Å²) in [7, 11) is 0. The molecule has 0 heterocycles. The lowest BCUT2D eigenvalue weighted by Gasteiger charge is -2.04. The van der Waals surface area contributed by atoms with Crippen molar-refractivity contribution in [1.29, 1.82) is 0 Å². The molecule has 0 aliphatic heterocycles. The highest BCUT2D eigenvalue weighted by atomic mass is 14.1. The van der Waals surface area contributed by atoms with Gasteiger partial charge in [0.1, 0.15) is 0 Å². The molecular weight excluding hydrogens is 132 g/mol. The van der Waals surface area contributed by atoms with E-state index in [2.05, 4.69) is 45.1 Å². The van der Waals surface area contributed by atoms with Gasteiger partial charge in [0, 0.05) is 0 Å². The fourth-order valence-electron chi connectivity index (χ4n) is 1.38. The van der Waals surface area contributed by atoms with Gasteiger partial charge in [0.2, 0.25) is 0 Å². The number of hydrogen-bond acceptors (Lipinski definition) is 0. The van der Waals surface area contributed by atoms with Gasteiger partial charge in [-0.1, -0.05) is 38.2 Å². The van der Waals surface area contributed by atoms with E-state index in [1.165, 1.54) is 11.1 Å². The number of hydrogen-bond donors (Lipinski definition) is 0. The summed E-state index contributed by atoms with van der Waals surface area (Å²) < 4.78 is 0. The summed E-state index contributed by atoms with van der Waals surface area (Å²) in [4.78, 5) is 0. The van der Waals surface area contributed by atoms with Crippen LogP contribution in [0.1, 0.15) is 27.2 Å². The normalized spacial score (nSPS) is 24.1. The van der Waals surface area contributed by atoms with E-state index in [0.29, 0.717) is 5.92 Å². The van der Waals surface area contributed by atoms with E-state index in [-0.39, 0.29) is 0 Å². The average molecular weight is 148 g/mol. The minimum Gasteiger partial charge on any atom is -0.0779 e. The Kier molecular flexibility index (Phi) is 2.70. The topological polar surface area (TPSA) is 0 Å². The molecule has 0 aromatic rings. The lowest BCUT2D eigenvalue weighted by Crippen LogP contribution is -1.86. The van der Waals surface area contributed by atoms with Crippen molar-refractivity contribution >= 4 is 0 Å². The molecule has 0 amide bonds. The zero-order valence-corrected chi connectivity index (χ0v) is 7.59. The zero-order chi connectivity index (χ0) is 8.27. The van der Waals surface area contributed by atoms with Gasteiger partial charge in [0.05, 0.1) is 0 Å². The van der Waals surface area contributed by atoms with E-state index >= 15 is 0 Å². The molecule has 0 radical (unpaired) electrons. The summed E-state index contributed by atoms with van der Waals surface area (Å²) in [6.07, 6.45) is 10.1. The van der Waals surface area contributed by atoms with Gasteiger partial charge in [0.25, 0.3) is 0 Å². The number of allylic oxidation sites excluding steroid dienone is 6. The third-order valence-electron chi connectivity index (χ3n) is 2.11. The average Bonchev–Trinajstić information content (AvgIpc) is 2.13. The maximum absolute atomic E-state index is 2.34. The van der Waals surface area contributed by atoms with Crippen LogP contribution in [-0.4, -0.2) is 0 Å². The summed E-state index contributed by atoms with van der Waals surface area (Å²) >= 11 is 0. The van der Waals surface area contributed by atoms with Crippen molar-refractivity contribution in [1.82, 2.24) is 0 Å². The van der Waals surface area contributed by atoms with Crippen LogP contribution in [0.25, 0.3) is 0 Å². The maximum Gasteiger partial charge on any atom is -0.00728 e. The van der Waals surface area contributed by atoms with Crippen molar-refractivity contribution in [3.63, 3.8) is 0 Å². The molecule has 1 rings (SSSR count). The van der Waals surface area contributed by atoms with E-state index in [1.54, 1.807) is 0 Å². The Morgan fingerprint density at radius 3 is 2.82 bits per heavy atom. The second kappa shape index (κ2) is 3.56. The van der Waals surface area contributed by atoms with Gasteiger partial charge in [-0.3, -0.25) is 0 Å². The van der Waals surface area contributed by atoms with Gasteiger partial charge in [-0.05, 0) is 30.4 Å². The Morgan fingerprint density at radius 2 is 2.18 bits per heavy atom. The van der Waals surface area contributed by atoms with Gasteiger partial charge >= 0.3 is 0 Å². The fourth-order valence-corrected chi connectivity index (χ4v) is 1.38. The van der Waals surface area contributed by atoms with Gasteiger partial charge in [-0.15, -0.1) is 0 Å². The number of rotatable bonds is 1. The minimum absolute atomic E-state index is 0.596. The first-order chi connectivity index (χ1) is 5.24. The summed E-state index contributed by atoms with van der Waals surface area (Å²) in [5.74, 6) is 0.596. The molecule has 1 atom stereocenters. The van der Waals surface area contributed by atoms with Gasteiger partial charge < -0.3 is 0 Å². The van der Waals surface area contributed by atoms with E-state index in [0.717, 1.165) is 6.42 Å². The molecule has 0 spiro atoms. The van der Waals surface area contributed by atoms with Crippen LogP contribution in [0.4, 0.5) is 0 Å². The van der Waals surface area contributed by atoms with Crippen LogP contribution in [0.3, 0.4) is 0 Å². The van der Waals surface area contributed by atoms with Crippen molar-refractivity contribution in [3.8, 4) is 0 Å². The van der Waals surface area contributed by atoms with E-state index in [9.17, 15) is 0 Å². The van der Waals surface area contributed by atoms with Gasteiger partial charge in [-0.2, -0.15) is 0 Å². The molecule has 0 saturated heterocycles. The standard InChI is InChI=1S/C11H16/c1-4-11-8-9(2)6-5-7-10(11)3/h5-9H,4H2,1-3H3. The molecule has 0 heteroatoms. The Bertz CT molecular complexity index is 216. The van der Waals surface area contributed by atoms with Crippen LogP contribution in [0, 0.1) is 5.92 Å². The molecule has 11 heavy (non-hydrogen) atoms. The Hall–Kier alpha value is -0.780. The first-order valence-corrected chi connectivity index (χ1v) is 4.30. The summed E-state index contributed by atoms with van der Waals surface area (Å²) in [5.41, 5.74) is 2.90. The first kappa shape index (κ1) is 8.32. The molecule has 0 N–H and O–H groups in total. The predicted octanol–water partition coefficient (Wildman–Crippen LogP) is 3.48. The third kappa shape index (κ3) is 2.07. The van der Waals surface area contributed by atoms with Crippen LogP contribution < -0.4 is 0 Å². The summed E-state index contributed by atoms with van der Waals surface area (Å²) in [5, 5.41) is 0. The van der Waals surface area contributed by atoms with Crippen LogP contribution >= 0.6 is 0 Å². The van der Waals surface area contributed by atoms with E-state index in [4.69, 9.17) is 0 Å². The maximum atomic E-state index is 2.34. The molecule has 1 aliphatic carbocycles. The second-order valence-corrected chi connectivity index (χ2v) is 3.14. The molecule has 0 aromatic heterocycles. The molecule has 60 valence electrons. The van der Waals surface area contributed by atoms with Crippen molar-refractivity contribution < 1.29 is 0 Å². The highest BCUT2D eigenvalue weighted by molar-refractivity contribution is 5.35. The van der Waals surface area contributed by atoms with Crippen molar-refractivity contribution in [2.75, 3.05) is 0 Å². The van der Waals surface area contributed by atoms with E-state index in [1.807, 2.05) is 0 Å². The van der Waals surface area contributed by atoms with Crippen molar-refractivity contribution in [3.05, 3.63) is 35.5 Å². The summed E-state index contributed by atoms with van der Waals surface area (Å²) in [6.45, 7) is 6.61. The third-order valence-corrected chi connectivity index (χ3v) is 2.11. The largest absolute Gasteiger partial charge is 0.0779 e. The molecule has 0 fully saturated rings. The molecule has 0 saturated carbocycles. The quantitative estimate of drug-likeness (QED) is 0.534. The zero-order valence-electron chi connectivity index (χ0n) is 7.59. The van der Waals surface area contributed by atoms with Gasteiger partial charge in [-0.25, -0.2) is 0 Å². The van der Waals surface area contributed by atoms with Crippen molar-refractivity contribution in [2.45, 2.75) is 27.2 Å². The minimum atomic E-state index is 0.596. The molecule has 1 aliphatic rings. The van der Waals surface area contributed by atoms with Gasteiger partial charge in [0.15, 0.2) is 0 Å². The Balaban J connectivity index is 2.89. The monoisotopic (exact) mass is 148 g/mol. The molecular formula is C11H16. The van der Waals surface area contributed by atoms with Crippen molar-refractivity contribution in [2.24, 2.45) is 5.92 Å². The Morgan fingerprint density at radius 1 is 1.45 bits per heavy atom. The SMILES string of the molecule is CCC1=CC(C)C=CC=C1C. The highest BCUT2D eigenvalue weighted by Gasteiger charge is 2.01. The lowest BCUT2D eigenvalue weighted by atomic mass is 10.0. The molecule has 0 aromatic carbocycles. The predicted molar refractivity (Wildman–Crippen MR) is 50.4 cm³/mol. The van der Waals surface area contributed by atoms with E-state index < -0.39 is 0 Å². The van der Waals surface area contributed by atoms with Crippen LogP contribution in [0.2, 0.25) is 0 Å². The molecule has 0 nitrogen and oxygen atoms in total. The van der Waals surface area contributed by atoms with Crippen LogP contribution in [-0.2, 0) is 0 Å². The van der Waals surface area contributed by atoms with Crippen LogP contribution in [0.5, 0.6) is 0 Å². The fraction of sp³-hybridized carbons (Fsp3) is 0.455. The first-order valence-electron chi connectivity index (χ1n) is 4.30. The molecule has 1 unspecified atom stereocenters. The lowest BCUT2D eigenvalue weighted by molar-refractivity contribution is 0.916. The second-order valence-electron chi connectivity index (χ2n) is 3.14. The smallest absolute Gasteiger partial charge is 0.00728 e. The summed E-state index contributed by atoms with van der Waals surface area (Å²) in [6, 6.07) is 0. The molecule has 0 bridgehead atoms.